The lowest BCUT2D eigenvalue weighted by Gasteiger charge is -2.35. The Balaban J connectivity index is 1.83. The number of hydrogen-bond donors (Lipinski definition) is 2. The largest absolute Gasteiger partial charge is 0.391 e. The van der Waals surface area contributed by atoms with Gasteiger partial charge in [-0.2, -0.15) is 0 Å². The summed E-state index contributed by atoms with van der Waals surface area (Å²) in [6, 6.07) is 7.57. The summed E-state index contributed by atoms with van der Waals surface area (Å²) in [4.78, 5) is 17.4. The fourth-order valence-corrected chi connectivity index (χ4v) is 3.08. The molecule has 1 fully saturated rings. The molecule has 106 valence electrons. The topological polar surface area (TPSA) is 56.3 Å². The Morgan fingerprint density at radius 3 is 2.90 bits per heavy atom. The Labute approximate surface area is 118 Å². The van der Waals surface area contributed by atoms with Crippen molar-refractivity contribution in [2.75, 3.05) is 7.05 Å². The Hall–Kier alpha value is -1.81. The van der Waals surface area contributed by atoms with E-state index in [1.165, 1.54) is 0 Å². The molecule has 1 saturated carbocycles. The first-order chi connectivity index (χ1) is 9.66. The van der Waals surface area contributed by atoms with Gasteiger partial charge in [-0.05, 0) is 37.1 Å². The standard InChI is InChI=1S/C16H20N2O2/c1-18(14-4-2-3-5-15(14)19)16(20)12-6-7-13-11(10-12)8-9-17-13/h6-10,14-15,17,19H,2-5H2,1H3. The van der Waals surface area contributed by atoms with Crippen LogP contribution in [-0.4, -0.2) is 40.1 Å². The van der Waals surface area contributed by atoms with E-state index in [2.05, 4.69) is 4.98 Å². The smallest absolute Gasteiger partial charge is 0.253 e. The van der Waals surface area contributed by atoms with E-state index >= 15 is 0 Å². The maximum absolute atomic E-state index is 12.6. The maximum Gasteiger partial charge on any atom is 0.253 e. The molecule has 1 heterocycles. The number of nitrogens with one attached hydrogen (secondary N) is 1. The van der Waals surface area contributed by atoms with Gasteiger partial charge in [0.1, 0.15) is 0 Å². The van der Waals surface area contributed by atoms with Crippen molar-refractivity contribution in [3.8, 4) is 0 Å². The van der Waals surface area contributed by atoms with Crippen molar-refractivity contribution in [2.45, 2.75) is 37.8 Å². The minimum Gasteiger partial charge on any atom is -0.391 e. The number of aromatic nitrogens is 1. The van der Waals surface area contributed by atoms with Crippen molar-refractivity contribution in [1.82, 2.24) is 9.88 Å². The zero-order valence-corrected chi connectivity index (χ0v) is 11.7. The van der Waals surface area contributed by atoms with Crippen LogP contribution in [0.15, 0.2) is 30.5 Å². The van der Waals surface area contributed by atoms with Crippen LogP contribution in [0.25, 0.3) is 10.9 Å². The molecule has 2 N–H and O–H groups in total. The Kier molecular flexibility index (Phi) is 3.49. The number of benzene rings is 1. The van der Waals surface area contributed by atoms with Crippen LogP contribution < -0.4 is 0 Å². The van der Waals surface area contributed by atoms with Gasteiger partial charge in [0, 0.05) is 29.7 Å². The summed E-state index contributed by atoms with van der Waals surface area (Å²) in [5.41, 5.74) is 1.71. The summed E-state index contributed by atoms with van der Waals surface area (Å²) in [5.74, 6) is -0.0148. The van der Waals surface area contributed by atoms with Gasteiger partial charge < -0.3 is 15.0 Å². The highest BCUT2D eigenvalue weighted by molar-refractivity contribution is 5.98. The molecule has 2 unspecified atom stereocenters. The van der Waals surface area contributed by atoms with E-state index in [-0.39, 0.29) is 11.9 Å². The second-order valence-corrected chi connectivity index (χ2v) is 5.61. The van der Waals surface area contributed by atoms with E-state index in [9.17, 15) is 9.90 Å². The van der Waals surface area contributed by atoms with Crippen LogP contribution in [-0.2, 0) is 0 Å². The number of likely N-dealkylation sites (N-methyl/N-ethyl adjacent to an activating group) is 1. The van der Waals surface area contributed by atoms with Gasteiger partial charge in [-0.15, -0.1) is 0 Å². The normalized spacial score (nSPS) is 22.9. The zero-order valence-electron chi connectivity index (χ0n) is 11.7. The highest BCUT2D eigenvalue weighted by Crippen LogP contribution is 2.24. The van der Waals surface area contributed by atoms with Crippen molar-refractivity contribution in [1.29, 1.82) is 0 Å². The predicted octanol–water partition coefficient (Wildman–Crippen LogP) is 2.54. The summed E-state index contributed by atoms with van der Waals surface area (Å²) in [6.07, 6.45) is 5.28. The summed E-state index contributed by atoms with van der Waals surface area (Å²) >= 11 is 0. The van der Waals surface area contributed by atoms with Crippen LogP contribution in [0.5, 0.6) is 0 Å². The van der Waals surface area contributed by atoms with Gasteiger partial charge in [-0.3, -0.25) is 4.79 Å². The molecule has 4 heteroatoms. The molecule has 4 nitrogen and oxygen atoms in total. The molecule has 1 amide bonds. The van der Waals surface area contributed by atoms with Crippen LogP contribution in [0.3, 0.4) is 0 Å². The van der Waals surface area contributed by atoms with Crippen molar-refractivity contribution in [3.63, 3.8) is 0 Å². The second kappa shape index (κ2) is 5.29. The van der Waals surface area contributed by atoms with Crippen molar-refractivity contribution >= 4 is 16.8 Å². The van der Waals surface area contributed by atoms with E-state index in [0.717, 1.165) is 36.6 Å². The third-order valence-corrected chi connectivity index (χ3v) is 4.31. The number of aliphatic hydroxyl groups is 1. The van der Waals surface area contributed by atoms with Gasteiger partial charge in [-0.25, -0.2) is 0 Å². The molecule has 0 radical (unpaired) electrons. The SMILES string of the molecule is CN(C(=O)c1ccc2[nH]ccc2c1)C1CCCCC1O. The fourth-order valence-electron chi connectivity index (χ4n) is 3.08. The van der Waals surface area contributed by atoms with E-state index in [1.807, 2.05) is 30.5 Å². The van der Waals surface area contributed by atoms with Gasteiger partial charge in [0.2, 0.25) is 0 Å². The number of fused-ring (bicyclic) bond motifs is 1. The molecule has 0 saturated heterocycles. The molecule has 1 aromatic heterocycles. The van der Waals surface area contributed by atoms with E-state index in [0.29, 0.717) is 5.56 Å². The number of nitrogens with zero attached hydrogens (tertiary/aromatic N) is 1. The highest BCUT2D eigenvalue weighted by Gasteiger charge is 2.29. The van der Waals surface area contributed by atoms with Crippen molar-refractivity contribution < 1.29 is 9.90 Å². The zero-order chi connectivity index (χ0) is 14.1. The first-order valence-corrected chi connectivity index (χ1v) is 7.19. The lowest BCUT2D eigenvalue weighted by atomic mass is 9.91. The van der Waals surface area contributed by atoms with Crippen LogP contribution >= 0.6 is 0 Å². The molecule has 1 aromatic carbocycles. The quantitative estimate of drug-likeness (QED) is 0.882. The number of hydrogen-bond acceptors (Lipinski definition) is 2. The summed E-state index contributed by atoms with van der Waals surface area (Å²) in [6.45, 7) is 0. The average molecular weight is 272 g/mol. The monoisotopic (exact) mass is 272 g/mol. The van der Waals surface area contributed by atoms with Gasteiger partial charge in [0.05, 0.1) is 12.1 Å². The number of amides is 1. The van der Waals surface area contributed by atoms with E-state index in [1.54, 1.807) is 11.9 Å². The summed E-state index contributed by atoms with van der Waals surface area (Å²) < 4.78 is 0. The van der Waals surface area contributed by atoms with Crippen LogP contribution in [0.4, 0.5) is 0 Å². The fraction of sp³-hybridized carbons (Fsp3) is 0.438. The molecule has 3 rings (SSSR count). The maximum atomic E-state index is 12.6. The number of aromatic amines is 1. The minimum absolute atomic E-state index is 0.0148. The van der Waals surface area contributed by atoms with Crippen molar-refractivity contribution in [3.05, 3.63) is 36.0 Å². The van der Waals surface area contributed by atoms with Crippen LogP contribution in [0.2, 0.25) is 0 Å². The Morgan fingerprint density at radius 2 is 2.10 bits per heavy atom. The molecule has 20 heavy (non-hydrogen) atoms. The minimum atomic E-state index is -0.395. The summed E-state index contributed by atoms with van der Waals surface area (Å²) in [5, 5.41) is 11.1. The van der Waals surface area contributed by atoms with E-state index < -0.39 is 6.10 Å². The molecule has 2 atom stereocenters. The molecule has 0 aliphatic heterocycles. The van der Waals surface area contributed by atoms with E-state index in [4.69, 9.17) is 0 Å². The number of rotatable bonds is 2. The van der Waals surface area contributed by atoms with Crippen molar-refractivity contribution in [2.24, 2.45) is 0 Å². The van der Waals surface area contributed by atoms with Crippen LogP contribution in [0, 0.1) is 0 Å². The number of H-pyrrole nitrogens is 1. The van der Waals surface area contributed by atoms with Crippen LogP contribution in [0.1, 0.15) is 36.0 Å². The van der Waals surface area contributed by atoms with Gasteiger partial charge >= 0.3 is 0 Å². The third-order valence-electron chi connectivity index (χ3n) is 4.31. The molecule has 0 bridgehead atoms. The molecule has 1 aliphatic rings. The Bertz CT molecular complexity index is 620. The number of carbonyl (C=O) groups is 1. The predicted molar refractivity (Wildman–Crippen MR) is 78.7 cm³/mol. The van der Waals surface area contributed by atoms with Gasteiger partial charge in [0.25, 0.3) is 5.91 Å². The third kappa shape index (κ3) is 2.31. The molecule has 2 aromatic rings. The molecule has 0 spiro atoms. The van der Waals surface area contributed by atoms with Gasteiger partial charge in [-0.1, -0.05) is 12.8 Å². The molecular weight excluding hydrogens is 252 g/mol. The lowest BCUT2D eigenvalue weighted by molar-refractivity contribution is 0.0268. The lowest BCUT2D eigenvalue weighted by Crippen LogP contribution is -2.46. The average Bonchev–Trinajstić information content (AvgIpc) is 2.93. The number of carbonyl (C=O) groups excluding carboxylic acids is 1. The molecule has 1 aliphatic carbocycles. The number of aliphatic hydroxyl groups excluding tert-OH is 1. The first kappa shape index (κ1) is 13.2. The summed E-state index contributed by atoms with van der Waals surface area (Å²) in [7, 11) is 1.79. The van der Waals surface area contributed by atoms with Gasteiger partial charge in [0.15, 0.2) is 0 Å². The highest BCUT2D eigenvalue weighted by atomic mass is 16.3. The Morgan fingerprint density at radius 1 is 1.30 bits per heavy atom. The molecular formula is C16H20N2O2. The second-order valence-electron chi connectivity index (χ2n) is 5.61. The first-order valence-electron chi connectivity index (χ1n) is 7.19.